The van der Waals surface area contributed by atoms with Crippen molar-refractivity contribution in [2.45, 2.75) is 38.3 Å². The Balaban J connectivity index is 2.15. The van der Waals surface area contributed by atoms with Crippen LogP contribution in [0.3, 0.4) is 0 Å². The summed E-state index contributed by atoms with van der Waals surface area (Å²) >= 11 is 12.4. The predicted octanol–water partition coefficient (Wildman–Crippen LogP) is 3.36. The average molecular weight is 331 g/mol. The maximum Gasteiger partial charge on any atom is 0.0624 e. The van der Waals surface area contributed by atoms with E-state index in [9.17, 15) is 0 Å². The molecule has 0 radical (unpaired) electrons. The third-order valence-corrected chi connectivity index (χ3v) is 5.58. The van der Waals surface area contributed by atoms with Crippen molar-refractivity contribution in [2.24, 2.45) is 5.73 Å². The van der Waals surface area contributed by atoms with Crippen molar-refractivity contribution in [3.05, 3.63) is 33.8 Å². The SMILES string of the molecule is CCC(C)(C(N)Cc1cccc(Cl)c1Cl)N1CCOCC1. The van der Waals surface area contributed by atoms with Crippen LogP contribution >= 0.6 is 23.2 Å². The molecule has 0 aromatic heterocycles. The van der Waals surface area contributed by atoms with Gasteiger partial charge in [0.25, 0.3) is 0 Å². The summed E-state index contributed by atoms with van der Waals surface area (Å²) in [6.07, 6.45) is 1.72. The van der Waals surface area contributed by atoms with Crippen molar-refractivity contribution in [1.82, 2.24) is 4.90 Å². The van der Waals surface area contributed by atoms with E-state index >= 15 is 0 Å². The molecule has 1 aliphatic rings. The standard InChI is InChI=1S/C16H24Cl2N2O/c1-3-16(2,20-7-9-21-10-8-20)14(19)11-12-5-4-6-13(17)15(12)18/h4-6,14H,3,7-11,19H2,1-2H3. The van der Waals surface area contributed by atoms with Gasteiger partial charge in [-0.3, -0.25) is 4.90 Å². The van der Waals surface area contributed by atoms with Gasteiger partial charge < -0.3 is 10.5 Å². The van der Waals surface area contributed by atoms with E-state index in [0.717, 1.165) is 44.7 Å². The lowest BCUT2D eigenvalue weighted by atomic mass is 9.84. The maximum absolute atomic E-state index is 6.56. The van der Waals surface area contributed by atoms with Crippen molar-refractivity contribution in [3.8, 4) is 0 Å². The van der Waals surface area contributed by atoms with E-state index in [2.05, 4.69) is 18.7 Å². The van der Waals surface area contributed by atoms with Crippen molar-refractivity contribution in [3.63, 3.8) is 0 Å². The van der Waals surface area contributed by atoms with Crippen LogP contribution in [-0.4, -0.2) is 42.8 Å². The number of nitrogens with zero attached hydrogens (tertiary/aromatic N) is 1. The van der Waals surface area contributed by atoms with E-state index in [-0.39, 0.29) is 11.6 Å². The van der Waals surface area contributed by atoms with E-state index in [1.54, 1.807) is 6.07 Å². The molecule has 1 aromatic rings. The van der Waals surface area contributed by atoms with Crippen molar-refractivity contribution >= 4 is 23.2 Å². The number of nitrogens with two attached hydrogens (primary N) is 1. The highest BCUT2D eigenvalue weighted by Gasteiger charge is 2.37. The monoisotopic (exact) mass is 330 g/mol. The van der Waals surface area contributed by atoms with Crippen LogP contribution in [0.25, 0.3) is 0 Å². The van der Waals surface area contributed by atoms with Crippen molar-refractivity contribution in [1.29, 1.82) is 0 Å². The van der Waals surface area contributed by atoms with Crippen molar-refractivity contribution < 1.29 is 4.74 Å². The van der Waals surface area contributed by atoms with Crippen LogP contribution in [0, 0.1) is 0 Å². The van der Waals surface area contributed by atoms with Crippen LogP contribution in [0.15, 0.2) is 18.2 Å². The summed E-state index contributed by atoms with van der Waals surface area (Å²) in [5, 5.41) is 1.21. The van der Waals surface area contributed by atoms with Gasteiger partial charge in [-0.25, -0.2) is 0 Å². The molecule has 0 aliphatic carbocycles. The van der Waals surface area contributed by atoms with E-state index < -0.39 is 0 Å². The van der Waals surface area contributed by atoms with E-state index in [1.165, 1.54) is 0 Å². The molecule has 2 atom stereocenters. The van der Waals surface area contributed by atoms with Crippen LogP contribution in [0.5, 0.6) is 0 Å². The fraction of sp³-hybridized carbons (Fsp3) is 0.625. The molecule has 0 amide bonds. The van der Waals surface area contributed by atoms with Crippen LogP contribution in [-0.2, 0) is 11.2 Å². The fourth-order valence-corrected chi connectivity index (χ4v) is 3.35. The Morgan fingerprint density at radius 3 is 2.62 bits per heavy atom. The Hall–Kier alpha value is -0.320. The Morgan fingerprint density at radius 1 is 1.33 bits per heavy atom. The van der Waals surface area contributed by atoms with Crippen LogP contribution in [0.2, 0.25) is 10.0 Å². The lowest BCUT2D eigenvalue weighted by Gasteiger charge is -2.46. The number of rotatable bonds is 5. The first-order valence-corrected chi connectivity index (χ1v) is 8.26. The number of morpholine rings is 1. The first-order valence-electron chi connectivity index (χ1n) is 7.50. The third-order valence-electron chi connectivity index (χ3n) is 4.72. The fourth-order valence-electron chi connectivity index (χ4n) is 2.96. The molecule has 0 saturated carbocycles. The summed E-state index contributed by atoms with van der Waals surface area (Å²) in [4.78, 5) is 2.44. The number of ether oxygens (including phenoxy) is 1. The van der Waals surface area contributed by atoms with Crippen LogP contribution in [0.4, 0.5) is 0 Å². The number of halogens is 2. The topological polar surface area (TPSA) is 38.5 Å². The Labute approximate surface area is 137 Å². The Kier molecular flexibility index (Phi) is 5.92. The summed E-state index contributed by atoms with van der Waals surface area (Å²) in [7, 11) is 0. The molecule has 1 fully saturated rings. The first-order chi connectivity index (χ1) is 9.99. The highest BCUT2D eigenvalue weighted by atomic mass is 35.5. The first kappa shape index (κ1) is 17.0. The minimum atomic E-state index is -0.0601. The van der Waals surface area contributed by atoms with Gasteiger partial charge >= 0.3 is 0 Å². The Morgan fingerprint density at radius 2 is 2.00 bits per heavy atom. The zero-order valence-corrected chi connectivity index (χ0v) is 14.3. The lowest BCUT2D eigenvalue weighted by Crippen LogP contribution is -2.61. The summed E-state index contributed by atoms with van der Waals surface area (Å²) < 4.78 is 5.45. The maximum atomic E-state index is 6.56. The largest absolute Gasteiger partial charge is 0.379 e. The Bertz CT molecular complexity index is 477. The van der Waals surface area contributed by atoms with Gasteiger partial charge in [0.05, 0.1) is 23.3 Å². The van der Waals surface area contributed by atoms with Crippen molar-refractivity contribution in [2.75, 3.05) is 26.3 Å². The second kappa shape index (κ2) is 7.30. The van der Waals surface area contributed by atoms with Gasteiger partial charge in [0.2, 0.25) is 0 Å². The molecule has 3 nitrogen and oxygen atoms in total. The van der Waals surface area contributed by atoms with Gasteiger partial charge in [-0.05, 0) is 31.4 Å². The van der Waals surface area contributed by atoms with Gasteiger partial charge in [-0.15, -0.1) is 0 Å². The summed E-state index contributed by atoms with van der Waals surface area (Å²) in [6, 6.07) is 5.73. The highest BCUT2D eigenvalue weighted by molar-refractivity contribution is 6.42. The summed E-state index contributed by atoms with van der Waals surface area (Å²) in [6.45, 7) is 7.85. The minimum Gasteiger partial charge on any atom is -0.379 e. The second-order valence-corrected chi connectivity index (χ2v) is 6.62. The summed E-state index contributed by atoms with van der Waals surface area (Å²) in [5.41, 5.74) is 7.52. The molecule has 0 spiro atoms. The minimum absolute atomic E-state index is 0.00318. The van der Waals surface area contributed by atoms with Gasteiger partial charge in [-0.1, -0.05) is 42.3 Å². The van der Waals surface area contributed by atoms with Gasteiger partial charge in [0.1, 0.15) is 0 Å². The van der Waals surface area contributed by atoms with Crippen LogP contribution in [0.1, 0.15) is 25.8 Å². The lowest BCUT2D eigenvalue weighted by molar-refractivity contribution is -0.0272. The molecular weight excluding hydrogens is 307 g/mol. The predicted molar refractivity (Wildman–Crippen MR) is 89.2 cm³/mol. The zero-order chi connectivity index (χ0) is 15.5. The molecule has 1 aromatic carbocycles. The average Bonchev–Trinajstić information content (AvgIpc) is 2.51. The second-order valence-electron chi connectivity index (χ2n) is 5.83. The molecule has 1 heterocycles. The van der Waals surface area contributed by atoms with Gasteiger partial charge in [0.15, 0.2) is 0 Å². The molecular formula is C16H24Cl2N2O. The molecule has 21 heavy (non-hydrogen) atoms. The third kappa shape index (κ3) is 3.72. The summed E-state index contributed by atoms with van der Waals surface area (Å²) in [5.74, 6) is 0. The molecule has 2 rings (SSSR count). The molecule has 2 N–H and O–H groups in total. The molecule has 2 unspecified atom stereocenters. The molecule has 118 valence electrons. The number of hydrogen-bond donors (Lipinski definition) is 1. The molecule has 1 saturated heterocycles. The van der Waals surface area contributed by atoms with Gasteiger partial charge in [0, 0.05) is 24.7 Å². The van der Waals surface area contributed by atoms with Gasteiger partial charge in [-0.2, -0.15) is 0 Å². The molecule has 0 bridgehead atoms. The van der Waals surface area contributed by atoms with E-state index in [1.807, 2.05) is 12.1 Å². The smallest absolute Gasteiger partial charge is 0.0624 e. The van der Waals surface area contributed by atoms with E-state index in [4.69, 9.17) is 33.7 Å². The zero-order valence-electron chi connectivity index (χ0n) is 12.7. The van der Waals surface area contributed by atoms with E-state index in [0.29, 0.717) is 10.0 Å². The van der Waals surface area contributed by atoms with Crippen LogP contribution < -0.4 is 5.73 Å². The molecule has 5 heteroatoms. The number of hydrogen-bond acceptors (Lipinski definition) is 3. The quantitative estimate of drug-likeness (QED) is 0.899. The highest BCUT2D eigenvalue weighted by Crippen LogP contribution is 2.30. The number of benzene rings is 1. The molecule has 1 aliphatic heterocycles. The normalized spacial score (nSPS) is 21.0.